The number of ether oxygens (including phenoxy) is 1. The van der Waals surface area contributed by atoms with E-state index < -0.39 is 12.1 Å². The number of hydrogen-bond donors (Lipinski definition) is 3. The van der Waals surface area contributed by atoms with Gasteiger partial charge in [0.2, 0.25) is 5.91 Å². The van der Waals surface area contributed by atoms with Crippen molar-refractivity contribution in [3.05, 3.63) is 12.2 Å². The summed E-state index contributed by atoms with van der Waals surface area (Å²) >= 11 is 0. The van der Waals surface area contributed by atoms with E-state index in [1.54, 1.807) is 0 Å². The second-order valence-corrected chi connectivity index (χ2v) is 26.0. The van der Waals surface area contributed by atoms with E-state index >= 15 is 0 Å². The van der Waals surface area contributed by atoms with Crippen LogP contribution < -0.4 is 5.32 Å². The van der Waals surface area contributed by atoms with E-state index in [0.29, 0.717) is 25.9 Å². The Morgan fingerprint density at radius 3 is 0.877 bits per heavy atom. The minimum absolute atomic E-state index is 0.0198. The van der Waals surface area contributed by atoms with Crippen LogP contribution >= 0.6 is 0 Å². The fourth-order valence-electron chi connectivity index (χ4n) is 12.1. The number of carbonyl (C=O) groups is 2. The van der Waals surface area contributed by atoms with E-state index in [-0.39, 0.29) is 18.5 Å². The number of nitrogens with one attached hydrogen (secondary N) is 1. The van der Waals surface area contributed by atoms with Gasteiger partial charge < -0.3 is 20.3 Å². The first-order valence-electron chi connectivity index (χ1n) is 37.4. The molecular weight excluding hydrogens is 995 g/mol. The number of esters is 1. The van der Waals surface area contributed by atoms with Gasteiger partial charge in [0.15, 0.2) is 0 Å². The SMILES string of the molecule is CCCCCCCCCCCCCCCCCCCCCCCC(O)C(CO)NC(=O)CCCCCCCCCCCCCCCC/C=C\CCCCCCCCCCCCCCOC(=O)CCCCCCCCCCCCCCC. The molecule has 3 N–H and O–H groups in total. The summed E-state index contributed by atoms with van der Waals surface area (Å²) in [6, 6.07) is -0.541. The highest BCUT2D eigenvalue weighted by molar-refractivity contribution is 5.76. The second kappa shape index (κ2) is 71.1. The van der Waals surface area contributed by atoms with Crippen molar-refractivity contribution >= 4 is 11.9 Å². The molecule has 0 rings (SSSR count). The van der Waals surface area contributed by atoms with Gasteiger partial charge in [-0.25, -0.2) is 0 Å². The summed E-state index contributed by atoms with van der Waals surface area (Å²) in [5.41, 5.74) is 0. The summed E-state index contributed by atoms with van der Waals surface area (Å²) in [5.74, 6) is -0.00838. The molecule has 482 valence electrons. The number of unbranched alkanes of at least 4 members (excludes halogenated alkanes) is 58. The molecule has 0 heterocycles. The molecule has 2 unspecified atom stereocenters. The molecule has 0 bridgehead atoms. The highest BCUT2D eigenvalue weighted by Gasteiger charge is 2.20. The molecule has 0 aromatic rings. The van der Waals surface area contributed by atoms with E-state index in [1.165, 1.54) is 360 Å². The lowest BCUT2D eigenvalue weighted by Crippen LogP contribution is -2.45. The molecule has 0 aliphatic heterocycles. The molecule has 0 aromatic carbocycles. The van der Waals surface area contributed by atoms with Crippen LogP contribution in [-0.2, 0) is 14.3 Å². The van der Waals surface area contributed by atoms with Crippen LogP contribution in [0.15, 0.2) is 12.2 Å². The normalized spacial score (nSPS) is 12.5. The zero-order valence-corrected chi connectivity index (χ0v) is 55.3. The number of allylic oxidation sites excluding steroid dienone is 2. The largest absolute Gasteiger partial charge is 0.466 e. The molecule has 1 amide bonds. The molecular formula is C75H147NO5. The van der Waals surface area contributed by atoms with Crippen LogP contribution in [-0.4, -0.2) is 47.4 Å². The molecule has 6 nitrogen and oxygen atoms in total. The number of rotatable bonds is 71. The lowest BCUT2D eigenvalue weighted by Gasteiger charge is -2.22. The molecule has 0 spiro atoms. The smallest absolute Gasteiger partial charge is 0.305 e. The van der Waals surface area contributed by atoms with Crippen LogP contribution in [0.4, 0.5) is 0 Å². The van der Waals surface area contributed by atoms with Crippen molar-refractivity contribution < 1.29 is 24.5 Å². The summed E-state index contributed by atoms with van der Waals surface area (Å²) in [7, 11) is 0. The first-order valence-corrected chi connectivity index (χ1v) is 37.4. The number of carbonyl (C=O) groups excluding carboxylic acids is 2. The van der Waals surface area contributed by atoms with Crippen LogP contribution in [0.2, 0.25) is 0 Å². The van der Waals surface area contributed by atoms with Gasteiger partial charge in [0.1, 0.15) is 0 Å². The van der Waals surface area contributed by atoms with Gasteiger partial charge in [-0.15, -0.1) is 0 Å². The Morgan fingerprint density at radius 2 is 0.580 bits per heavy atom. The van der Waals surface area contributed by atoms with E-state index in [0.717, 1.165) is 38.5 Å². The highest BCUT2D eigenvalue weighted by Crippen LogP contribution is 2.20. The first-order chi connectivity index (χ1) is 40.0. The molecule has 0 saturated heterocycles. The maximum atomic E-state index is 12.6. The molecule has 0 aliphatic carbocycles. The minimum atomic E-state index is -0.664. The van der Waals surface area contributed by atoms with Crippen molar-refractivity contribution in [2.45, 2.75) is 443 Å². The zero-order valence-electron chi connectivity index (χ0n) is 55.3. The van der Waals surface area contributed by atoms with Crippen molar-refractivity contribution in [2.24, 2.45) is 0 Å². The predicted molar refractivity (Wildman–Crippen MR) is 357 cm³/mol. The van der Waals surface area contributed by atoms with Crippen molar-refractivity contribution in [3.63, 3.8) is 0 Å². The quantitative estimate of drug-likeness (QED) is 0.0320. The molecule has 0 fully saturated rings. The Balaban J connectivity index is 3.36. The Labute approximate surface area is 508 Å². The minimum Gasteiger partial charge on any atom is -0.466 e. The van der Waals surface area contributed by atoms with Crippen LogP contribution in [0.5, 0.6) is 0 Å². The monoisotopic (exact) mass is 1140 g/mol. The fourth-order valence-corrected chi connectivity index (χ4v) is 12.1. The van der Waals surface area contributed by atoms with Gasteiger partial charge in [-0.2, -0.15) is 0 Å². The lowest BCUT2D eigenvalue weighted by molar-refractivity contribution is -0.143. The third-order valence-electron chi connectivity index (χ3n) is 17.8. The summed E-state index contributed by atoms with van der Waals surface area (Å²) in [5, 5.41) is 23.4. The van der Waals surface area contributed by atoms with Gasteiger partial charge in [-0.1, -0.05) is 379 Å². The maximum Gasteiger partial charge on any atom is 0.305 e. The van der Waals surface area contributed by atoms with E-state index in [9.17, 15) is 19.8 Å². The topological polar surface area (TPSA) is 95.9 Å². The Kier molecular flexibility index (Phi) is 69.9. The zero-order chi connectivity index (χ0) is 58.5. The Morgan fingerprint density at radius 1 is 0.333 bits per heavy atom. The molecule has 0 aliphatic rings. The van der Waals surface area contributed by atoms with Crippen LogP contribution in [0, 0.1) is 0 Å². The van der Waals surface area contributed by atoms with Crippen molar-refractivity contribution in [3.8, 4) is 0 Å². The summed E-state index contributed by atoms with van der Waals surface area (Å²) in [4.78, 5) is 24.6. The van der Waals surface area contributed by atoms with Gasteiger partial charge in [0.05, 0.1) is 25.4 Å². The number of aliphatic hydroxyl groups excluding tert-OH is 2. The average Bonchev–Trinajstić information content (AvgIpc) is 3.47. The highest BCUT2D eigenvalue weighted by atomic mass is 16.5. The summed E-state index contributed by atoms with van der Waals surface area (Å²) in [6.07, 6.45) is 88.5. The number of aliphatic hydroxyl groups is 2. The average molecular weight is 1140 g/mol. The molecule has 2 atom stereocenters. The van der Waals surface area contributed by atoms with Gasteiger partial charge in [-0.3, -0.25) is 9.59 Å². The van der Waals surface area contributed by atoms with Gasteiger partial charge in [-0.05, 0) is 51.4 Å². The van der Waals surface area contributed by atoms with Crippen molar-refractivity contribution in [2.75, 3.05) is 13.2 Å². The van der Waals surface area contributed by atoms with Gasteiger partial charge in [0.25, 0.3) is 0 Å². The van der Waals surface area contributed by atoms with Crippen LogP contribution in [0.25, 0.3) is 0 Å². The Hall–Kier alpha value is -1.40. The molecule has 0 aromatic heterocycles. The standard InChI is InChI=1S/C75H147NO5/c1-3-5-7-9-11-13-15-17-18-19-20-31-34-37-40-44-47-51-55-59-63-67-73(78)72(71-77)76-74(79)68-64-60-56-52-48-45-41-38-35-32-29-27-25-23-21-22-24-26-28-30-33-36-39-42-46-50-54-58-62-66-70-81-75(80)69-65-61-57-53-49-43-16-14-12-10-8-6-4-2/h22,24,72-73,77-78H,3-21,23,25-71H2,1-2H3,(H,76,79)/b24-22-. The lowest BCUT2D eigenvalue weighted by atomic mass is 10.0. The van der Waals surface area contributed by atoms with Crippen molar-refractivity contribution in [1.29, 1.82) is 0 Å². The summed E-state index contributed by atoms with van der Waals surface area (Å²) < 4.78 is 5.49. The van der Waals surface area contributed by atoms with E-state index in [1.807, 2.05) is 0 Å². The first kappa shape index (κ1) is 79.6. The van der Waals surface area contributed by atoms with E-state index in [4.69, 9.17) is 4.74 Å². The third kappa shape index (κ3) is 67.6. The number of hydrogen-bond acceptors (Lipinski definition) is 5. The Bertz CT molecular complexity index is 1220. The molecule has 0 radical (unpaired) electrons. The second-order valence-electron chi connectivity index (χ2n) is 26.0. The molecule has 0 saturated carbocycles. The third-order valence-corrected chi connectivity index (χ3v) is 17.8. The maximum absolute atomic E-state index is 12.6. The van der Waals surface area contributed by atoms with E-state index in [2.05, 4.69) is 31.3 Å². The number of amides is 1. The van der Waals surface area contributed by atoms with Crippen LogP contribution in [0.1, 0.15) is 431 Å². The predicted octanol–water partition coefficient (Wildman–Crippen LogP) is 24.3. The van der Waals surface area contributed by atoms with Crippen LogP contribution in [0.3, 0.4) is 0 Å². The molecule has 81 heavy (non-hydrogen) atoms. The van der Waals surface area contributed by atoms with Gasteiger partial charge in [0, 0.05) is 12.8 Å². The molecule has 6 heteroatoms. The van der Waals surface area contributed by atoms with Gasteiger partial charge >= 0.3 is 5.97 Å². The summed E-state index contributed by atoms with van der Waals surface area (Å²) in [6.45, 7) is 5.00. The fraction of sp³-hybridized carbons (Fsp3) is 0.947. The van der Waals surface area contributed by atoms with Crippen molar-refractivity contribution in [1.82, 2.24) is 5.32 Å².